The van der Waals surface area contributed by atoms with E-state index in [0.29, 0.717) is 10.6 Å². The molecule has 0 saturated carbocycles. The van der Waals surface area contributed by atoms with Crippen molar-refractivity contribution in [1.29, 1.82) is 0 Å². The molecule has 3 aliphatic rings. The summed E-state index contributed by atoms with van der Waals surface area (Å²) in [7, 11) is 0. The molecule has 1 fully saturated rings. The number of thioether (sulfide) groups is 1. The maximum Gasteiger partial charge on any atom is 0.0975 e. The Kier molecular flexibility index (Phi) is 2.77. The molecule has 2 N–H and O–H groups in total. The maximum atomic E-state index is 4.80. The minimum absolute atomic E-state index is 0.0730. The van der Waals surface area contributed by atoms with E-state index in [-0.39, 0.29) is 5.37 Å². The fourth-order valence-corrected chi connectivity index (χ4v) is 5.94. The second kappa shape index (κ2) is 4.59. The topological polar surface area (TPSA) is 24.1 Å². The smallest absolute Gasteiger partial charge is 0.0975 e. The Morgan fingerprint density at radius 2 is 1.57 bits per heavy atom. The van der Waals surface area contributed by atoms with Gasteiger partial charge in [-0.25, -0.2) is 0 Å². The Morgan fingerprint density at radius 3 is 2.19 bits per heavy atom. The Hall–Kier alpha value is -0.820. The number of fused-ring (bicyclic) bond motifs is 3. The van der Waals surface area contributed by atoms with Crippen LogP contribution in [0.5, 0.6) is 0 Å². The molecule has 0 bridgehead atoms. The zero-order valence-electron chi connectivity index (χ0n) is 10.9. The first kappa shape index (κ1) is 12.7. The van der Waals surface area contributed by atoms with Crippen molar-refractivity contribution >= 4 is 58.5 Å². The fraction of sp³-hybridized carbons (Fsp3) is 0.200. The highest BCUT2D eigenvalue weighted by Crippen LogP contribution is 2.56. The average molecular weight is 349 g/mol. The van der Waals surface area contributed by atoms with E-state index >= 15 is 0 Å². The van der Waals surface area contributed by atoms with E-state index < -0.39 is 0 Å². The van der Waals surface area contributed by atoms with Crippen molar-refractivity contribution in [2.45, 2.75) is 16.0 Å². The summed E-state index contributed by atoms with van der Waals surface area (Å²) in [5, 5.41) is 12.7. The summed E-state index contributed by atoms with van der Waals surface area (Å²) in [4.78, 5) is 2.62. The lowest BCUT2D eigenvalue weighted by Gasteiger charge is -2.21. The first-order valence-electron chi connectivity index (χ1n) is 6.76. The first-order valence-corrected chi connectivity index (χ1v) is 9.98. The second-order valence-electron chi connectivity index (χ2n) is 5.20. The van der Waals surface area contributed by atoms with Crippen molar-refractivity contribution in [3.8, 4) is 0 Å². The number of rotatable bonds is 2. The molecule has 2 aromatic rings. The summed E-state index contributed by atoms with van der Waals surface area (Å²) in [5.41, 5.74) is 5.37. The molecule has 2 aromatic heterocycles. The van der Waals surface area contributed by atoms with Crippen LogP contribution in [-0.2, 0) is 0 Å². The fourth-order valence-electron chi connectivity index (χ4n) is 3.05. The highest BCUT2D eigenvalue weighted by molar-refractivity contribution is 8.08. The molecule has 3 unspecified atom stereocenters. The molecule has 2 nitrogen and oxygen atoms in total. The normalized spacial score (nSPS) is 29.9. The van der Waals surface area contributed by atoms with Gasteiger partial charge in [-0.1, -0.05) is 12.1 Å². The van der Waals surface area contributed by atoms with Crippen LogP contribution in [0.2, 0.25) is 0 Å². The molecule has 106 valence electrons. The van der Waals surface area contributed by atoms with Gasteiger partial charge >= 0.3 is 0 Å². The standard InChI is InChI=1S/C15H12N2S4/c18-14-10-9(11(16-14)7-3-1-5-19-7)13-15(21-13)17-12(10)8-4-2-6-20-8/h1-6,13-18H. The average Bonchev–Trinajstić information content (AvgIpc) is 2.97. The quantitative estimate of drug-likeness (QED) is 0.568. The van der Waals surface area contributed by atoms with Crippen LogP contribution in [0.15, 0.2) is 46.2 Å². The van der Waals surface area contributed by atoms with E-state index in [1.807, 2.05) is 11.8 Å². The Bertz CT molecular complexity index is 758. The number of hydrogen-bond donors (Lipinski definition) is 3. The van der Waals surface area contributed by atoms with Gasteiger partial charge in [-0.3, -0.25) is 0 Å². The van der Waals surface area contributed by atoms with Crippen LogP contribution >= 0.6 is 47.1 Å². The molecule has 6 heteroatoms. The van der Waals surface area contributed by atoms with Crippen molar-refractivity contribution in [3.05, 3.63) is 55.9 Å². The predicted molar refractivity (Wildman–Crippen MR) is 96.7 cm³/mol. The Balaban J connectivity index is 1.74. The van der Waals surface area contributed by atoms with Crippen molar-refractivity contribution in [3.63, 3.8) is 0 Å². The molecule has 3 atom stereocenters. The lowest BCUT2D eigenvalue weighted by molar-refractivity contribution is 0.838. The molecular formula is C15H12N2S4. The molecule has 0 amide bonds. The highest BCUT2D eigenvalue weighted by Gasteiger charge is 2.52. The SMILES string of the molecule is SC1NC(c2cccs2)=C2C1=C(c1cccs1)NC1SC21. The van der Waals surface area contributed by atoms with Crippen molar-refractivity contribution in [2.75, 3.05) is 0 Å². The van der Waals surface area contributed by atoms with E-state index in [0.717, 1.165) is 0 Å². The van der Waals surface area contributed by atoms with Gasteiger partial charge in [-0.2, -0.15) is 0 Å². The van der Waals surface area contributed by atoms with Crippen molar-refractivity contribution in [1.82, 2.24) is 10.6 Å². The van der Waals surface area contributed by atoms with Crippen LogP contribution in [0.4, 0.5) is 0 Å². The first-order chi connectivity index (χ1) is 10.3. The van der Waals surface area contributed by atoms with Crippen LogP contribution in [-0.4, -0.2) is 16.0 Å². The number of hydrogen-bond acceptors (Lipinski definition) is 6. The van der Waals surface area contributed by atoms with Gasteiger partial charge in [0.1, 0.15) is 0 Å². The Morgan fingerprint density at radius 1 is 0.905 bits per heavy atom. The molecule has 3 aliphatic heterocycles. The predicted octanol–water partition coefficient (Wildman–Crippen LogP) is 3.84. The zero-order valence-corrected chi connectivity index (χ0v) is 14.2. The maximum absolute atomic E-state index is 4.80. The summed E-state index contributed by atoms with van der Waals surface area (Å²) in [6, 6.07) is 8.61. The van der Waals surface area contributed by atoms with Crippen LogP contribution in [0.1, 0.15) is 9.75 Å². The van der Waals surface area contributed by atoms with Gasteiger partial charge in [0.15, 0.2) is 0 Å². The summed E-state index contributed by atoms with van der Waals surface area (Å²) >= 11 is 10.4. The van der Waals surface area contributed by atoms with Gasteiger partial charge in [0, 0.05) is 11.1 Å². The van der Waals surface area contributed by atoms with Crippen LogP contribution in [0, 0.1) is 0 Å². The molecule has 0 radical (unpaired) electrons. The van der Waals surface area contributed by atoms with Gasteiger partial charge in [-0.05, 0) is 22.9 Å². The number of nitrogens with one attached hydrogen (secondary N) is 2. The zero-order chi connectivity index (χ0) is 14.0. The highest BCUT2D eigenvalue weighted by atomic mass is 32.2. The van der Waals surface area contributed by atoms with E-state index in [1.165, 1.54) is 32.3 Å². The van der Waals surface area contributed by atoms with Crippen LogP contribution in [0.25, 0.3) is 11.4 Å². The van der Waals surface area contributed by atoms with E-state index in [1.54, 1.807) is 22.7 Å². The third-order valence-electron chi connectivity index (χ3n) is 3.98. The van der Waals surface area contributed by atoms with Gasteiger partial charge in [0.25, 0.3) is 0 Å². The lowest BCUT2D eigenvalue weighted by Crippen LogP contribution is -2.28. The van der Waals surface area contributed by atoms with E-state index in [9.17, 15) is 0 Å². The second-order valence-corrected chi connectivity index (χ2v) is 8.90. The summed E-state index contributed by atoms with van der Waals surface area (Å²) in [6.45, 7) is 0. The molecule has 21 heavy (non-hydrogen) atoms. The molecule has 0 aliphatic carbocycles. The third-order valence-corrected chi connectivity index (χ3v) is 7.31. The van der Waals surface area contributed by atoms with Crippen molar-refractivity contribution < 1.29 is 0 Å². The molecule has 5 rings (SSSR count). The molecule has 0 spiro atoms. The lowest BCUT2D eigenvalue weighted by atomic mass is 9.97. The van der Waals surface area contributed by atoms with Crippen LogP contribution in [0.3, 0.4) is 0 Å². The third kappa shape index (κ3) is 1.86. The van der Waals surface area contributed by atoms with Gasteiger partial charge in [-0.15, -0.1) is 47.1 Å². The monoisotopic (exact) mass is 348 g/mol. The van der Waals surface area contributed by atoms with Gasteiger partial charge in [0.05, 0.1) is 37.1 Å². The van der Waals surface area contributed by atoms with E-state index in [2.05, 4.69) is 45.7 Å². The van der Waals surface area contributed by atoms with E-state index in [4.69, 9.17) is 12.6 Å². The summed E-state index contributed by atoms with van der Waals surface area (Å²) in [6.07, 6.45) is 0. The largest absolute Gasteiger partial charge is 0.370 e. The number of thiol groups is 1. The van der Waals surface area contributed by atoms with Crippen molar-refractivity contribution in [2.24, 2.45) is 0 Å². The minimum atomic E-state index is 0.0730. The number of thiophene rings is 2. The van der Waals surface area contributed by atoms with Gasteiger partial charge in [0.2, 0.25) is 0 Å². The molecule has 5 heterocycles. The molecule has 0 aromatic carbocycles. The van der Waals surface area contributed by atoms with Crippen LogP contribution < -0.4 is 10.6 Å². The molecule has 1 saturated heterocycles. The minimum Gasteiger partial charge on any atom is -0.370 e. The summed E-state index contributed by atoms with van der Waals surface area (Å²) < 4.78 is 0. The summed E-state index contributed by atoms with van der Waals surface area (Å²) in [5.74, 6) is 0. The Labute approximate surface area is 140 Å². The molecular weight excluding hydrogens is 336 g/mol. The van der Waals surface area contributed by atoms with Gasteiger partial charge < -0.3 is 10.6 Å².